The fourth-order valence-electron chi connectivity index (χ4n) is 1.62. The van der Waals surface area contributed by atoms with Gasteiger partial charge in [0.15, 0.2) is 5.82 Å². The molecule has 0 aliphatic carbocycles. The second kappa shape index (κ2) is 4.59. The van der Waals surface area contributed by atoms with E-state index in [0.29, 0.717) is 12.4 Å². The molecule has 96 valence electrons. The van der Waals surface area contributed by atoms with Crippen LogP contribution in [0.15, 0.2) is 6.20 Å². The van der Waals surface area contributed by atoms with Gasteiger partial charge in [-0.05, 0) is 13.8 Å². The molecule has 0 aliphatic heterocycles. The van der Waals surface area contributed by atoms with Crippen LogP contribution in [-0.4, -0.2) is 37.1 Å². The van der Waals surface area contributed by atoms with E-state index in [1.54, 1.807) is 29.5 Å². The summed E-state index contributed by atoms with van der Waals surface area (Å²) in [4.78, 5) is 15.7. The van der Waals surface area contributed by atoms with Crippen molar-refractivity contribution in [1.29, 1.82) is 0 Å². The summed E-state index contributed by atoms with van der Waals surface area (Å²) >= 11 is 0. The molecule has 0 radical (unpaired) electrons. The molecule has 0 saturated heterocycles. The molecule has 0 saturated carbocycles. The van der Waals surface area contributed by atoms with Crippen LogP contribution in [-0.2, 0) is 18.8 Å². The Hall–Kier alpha value is -2.18. The van der Waals surface area contributed by atoms with Crippen LogP contribution in [0.2, 0.25) is 0 Å². The second-order valence-electron chi connectivity index (χ2n) is 3.87. The Kier molecular flexibility index (Phi) is 3.14. The highest BCUT2D eigenvalue weighted by Crippen LogP contribution is 2.20. The van der Waals surface area contributed by atoms with Crippen molar-refractivity contribution >= 4 is 5.97 Å². The van der Waals surface area contributed by atoms with Gasteiger partial charge < -0.3 is 4.74 Å². The van der Waals surface area contributed by atoms with Gasteiger partial charge in [0.25, 0.3) is 5.82 Å². The number of aromatic nitrogens is 5. The van der Waals surface area contributed by atoms with E-state index in [9.17, 15) is 4.79 Å². The van der Waals surface area contributed by atoms with E-state index in [1.165, 1.54) is 0 Å². The lowest BCUT2D eigenvalue weighted by molar-refractivity contribution is 0.0512. The van der Waals surface area contributed by atoms with Gasteiger partial charge in [0.2, 0.25) is 0 Å². The Labute approximate surface area is 104 Å². The van der Waals surface area contributed by atoms with Gasteiger partial charge in [-0.2, -0.15) is 5.10 Å². The molecule has 18 heavy (non-hydrogen) atoms. The lowest BCUT2D eigenvalue weighted by atomic mass is 10.2. The summed E-state index contributed by atoms with van der Waals surface area (Å²) in [6.07, 6.45) is 1.70. The number of hydrogen-bond acceptors (Lipinski definition) is 5. The van der Waals surface area contributed by atoms with Gasteiger partial charge in [-0.15, -0.1) is 5.10 Å². The van der Waals surface area contributed by atoms with Crippen molar-refractivity contribution in [1.82, 2.24) is 24.5 Å². The van der Waals surface area contributed by atoms with Crippen molar-refractivity contribution in [3.63, 3.8) is 0 Å². The summed E-state index contributed by atoms with van der Waals surface area (Å²) in [6, 6.07) is 0. The molecule has 0 atom stereocenters. The van der Waals surface area contributed by atoms with Crippen LogP contribution in [0.3, 0.4) is 0 Å². The number of carbonyl (C=O) groups excluding carboxylic acids is 1. The normalized spacial score (nSPS) is 10.7. The zero-order chi connectivity index (χ0) is 13.3. The van der Waals surface area contributed by atoms with Crippen molar-refractivity contribution < 1.29 is 9.53 Å². The van der Waals surface area contributed by atoms with Crippen molar-refractivity contribution in [2.24, 2.45) is 14.1 Å². The average Bonchev–Trinajstić information content (AvgIpc) is 2.85. The molecule has 2 rings (SSSR count). The molecule has 0 aliphatic rings. The number of aryl methyl sites for hydroxylation is 2. The highest BCUT2D eigenvalue weighted by atomic mass is 16.5. The first-order valence-corrected chi connectivity index (χ1v) is 5.61. The first-order chi connectivity index (χ1) is 8.54. The van der Waals surface area contributed by atoms with Crippen LogP contribution in [0.1, 0.15) is 23.2 Å². The fourth-order valence-corrected chi connectivity index (χ4v) is 1.62. The minimum Gasteiger partial charge on any atom is -0.460 e. The second-order valence-corrected chi connectivity index (χ2v) is 3.87. The number of nitrogens with zero attached hydrogens (tertiary/aromatic N) is 5. The maximum atomic E-state index is 11.6. The first-order valence-electron chi connectivity index (χ1n) is 5.61. The van der Waals surface area contributed by atoms with Crippen LogP contribution in [0, 0.1) is 6.92 Å². The van der Waals surface area contributed by atoms with Crippen molar-refractivity contribution in [3.8, 4) is 11.4 Å². The third-order valence-corrected chi connectivity index (χ3v) is 2.70. The number of rotatable bonds is 3. The van der Waals surface area contributed by atoms with Gasteiger partial charge in [-0.1, -0.05) is 0 Å². The molecule has 7 heteroatoms. The van der Waals surface area contributed by atoms with Gasteiger partial charge in [0, 0.05) is 19.8 Å². The Morgan fingerprint density at radius 2 is 2.11 bits per heavy atom. The highest BCUT2D eigenvalue weighted by molar-refractivity contribution is 5.85. The highest BCUT2D eigenvalue weighted by Gasteiger charge is 2.19. The summed E-state index contributed by atoms with van der Waals surface area (Å²) in [5, 5.41) is 8.19. The lowest BCUT2D eigenvalue weighted by Crippen LogP contribution is -2.07. The Morgan fingerprint density at radius 3 is 2.67 bits per heavy atom. The fraction of sp³-hybridized carbons (Fsp3) is 0.455. The third kappa shape index (κ3) is 1.99. The minimum atomic E-state index is -0.513. The molecule has 7 nitrogen and oxygen atoms in total. The van der Waals surface area contributed by atoms with E-state index >= 15 is 0 Å². The SMILES string of the molecule is CCOC(=O)c1nc(-c2cnn(C)c2C)n(C)n1. The molecule has 0 aromatic carbocycles. The van der Waals surface area contributed by atoms with E-state index in [0.717, 1.165) is 11.3 Å². The van der Waals surface area contributed by atoms with Crippen LogP contribution in [0.25, 0.3) is 11.4 Å². The molecule has 2 aromatic rings. The average molecular weight is 249 g/mol. The maximum absolute atomic E-state index is 11.6. The Balaban J connectivity index is 2.41. The quantitative estimate of drug-likeness (QED) is 0.748. The predicted octanol–water partition coefficient (Wildman–Crippen LogP) is 0.701. The molecule has 2 heterocycles. The van der Waals surface area contributed by atoms with E-state index in [1.807, 2.05) is 14.0 Å². The summed E-state index contributed by atoms with van der Waals surface area (Å²) in [7, 11) is 3.58. The van der Waals surface area contributed by atoms with Gasteiger partial charge in [-0.25, -0.2) is 14.5 Å². The zero-order valence-electron chi connectivity index (χ0n) is 10.8. The molecular formula is C11H15N5O2. The van der Waals surface area contributed by atoms with Crippen molar-refractivity contribution in [2.45, 2.75) is 13.8 Å². The topological polar surface area (TPSA) is 74.8 Å². The van der Waals surface area contributed by atoms with Crippen LogP contribution in [0.5, 0.6) is 0 Å². The monoisotopic (exact) mass is 249 g/mol. The van der Waals surface area contributed by atoms with Crippen molar-refractivity contribution in [2.75, 3.05) is 6.61 Å². The number of carbonyl (C=O) groups is 1. The van der Waals surface area contributed by atoms with E-state index in [4.69, 9.17) is 4.74 Å². The standard InChI is InChI=1S/C11H15N5O2/c1-5-18-11(17)9-13-10(16(4)14-9)8-6-12-15(3)7(8)2/h6H,5H2,1-4H3. The Morgan fingerprint density at radius 1 is 1.39 bits per heavy atom. The largest absolute Gasteiger partial charge is 0.460 e. The van der Waals surface area contributed by atoms with Crippen LogP contribution < -0.4 is 0 Å². The molecular weight excluding hydrogens is 234 g/mol. The lowest BCUT2D eigenvalue weighted by Gasteiger charge is -1.98. The molecule has 0 bridgehead atoms. The predicted molar refractivity (Wildman–Crippen MR) is 63.9 cm³/mol. The van der Waals surface area contributed by atoms with E-state index in [2.05, 4.69) is 15.2 Å². The minimum absolute atomic E-state index is 0.0672. The first kappa shape index (κ1) is 12.3. The summed E-state index contributed by atoms with van der Waals surface area (Å²) in [6.45, 7) is 3.98. The number of hydrogen-bond donors (Lipinski definition) is 0. The van der Waals surface area contributed by atoms with Gasteiger partial charge >= 0.3 is 5.97 Å². The summed E-state index contributed by atoms with van der Waals surface area (Å²) < 4.78 is 8.17. The van der Waals surface area contributed by atoms with Crippen LogP contribution >= 0.6 is 0 Å². The summed E-state index contributed by atoms with van der Waals surface area (Å²) in [5.41, 5.74) is 1.81. The molecule has 2 aromatic heterocycles. The molecule has 0 fully saturated rings. The van der Waals surface area contributed by atoms with Gasteiger partial charge in [-0.3, -0.25) is 4.68 Å². The number of ether oxygens (including phenoxy) is 1. The van der Waals surface area contributed by atoms with Crippen molar-refractivity contribution in [3.05, 3.63) is 17.7 Å². The molecule has 0 spiro atoms. The smallest absolute Gasteiger partial charge is 0.378 e. The molecule has 0 N–H and O–H groups in total. The Bertz CT molecular complexity index is 584. The molecule has 0 amide bonds. The van der Waals surface area contributed by atoms with Crippen LogP contribution in [0.4, 0.5) is 0 Å². The van der Waals surface area contributed by atoms with E-state index < -0.39 is 5.97 Å². The van der Waals surface area contributed by atoms with Gasteiger partial charge in [0.05, 0.1) is 18.4 Å². The van der Waals surface area contributed by atoms with E-state index in [-0.39, 0.29) is 5.82 Å². The third-order valence-electron chi connectivity index (χ3n) is 2.70. The zero-order valence-corrected chi connectivity index (χ0v) is 10.8. The maximum Gasteiger partial charge on any atom is 0.378 e. The van der Waals surface area contributed by atoms with Gasteiger partial charge in [0.1, 0.15) is 0 Å². The molecule has 0 unspecified atom stereocenters. The number of esters is 1. The summed E-state index contributed by atoms with van der Waals surface area (Å²) in [5.74, 6) is 0.155.